The number of benzene rings is 3. The lowest BCUT2D eigenvalue weighted by atomic mass is 10.2. The molecule has 0 aliphatic rings. The number of rotatable bonds is 6. The van der Waals surface area contributed by atoms with E-state index in [2.05, 4.69) is 22.3 Å². The van der Waals surface area contributed by atoms with Gasteiger partial charge in [0, 0.05) is 18.4 Å². The van der Waals surface area contributed by atoms with Crippen molar-refractivity contribution in [3.8, 4) is 22.8 Å². The van der Waals surface area contributed by atoms with Crippen LogP contribution < -0.4 is 5.56 Å². The molecular weight excluding hydrogens is 466 g/mol. The second kappa shape index (κ2) is 9.37. The van der Waals surface area contributed by atoms with Crippen LogP contribution in [0.25, 0.3) is 22.8 Å². The summed E-state index contributed by atoms with van der Waals surface area (Å²) in [6, 6.07) is 27.2. The summed E-state index contributed by atoms with van der Waals surface area (Å²) in [5.41, 5.74) is 3.81. The van der Waals surface area contributed by atoms with Crippen LogP contribution in [0.15, 0.2) is 94.9 Å². The van der Waals surface area contributed by atoms with E-state index in [-0.39, 0.29) is 5.56 Å². The highest BCUT2D eigenvalue weighted by Crippen LogP contribution is 2.33. The van der Waals surface area contributed by atoms with Crippen LogP contribution >= 0.6 is 23.4 Å². The van der Waals surface area contributed by atoms with Crippen LogP contribution in [0.1, 0.15) is 11.3 Å². The fourth-order valence-electron chi connectivity index (χ4n) is 3.92. The fraction of sp³-hybridized carbons (Fsp3) is 0.115. The fourth-order valence-corrected chi connectivity index (χ4v) is 5.03. The molecule has 0 fully saturated rings. The van der Waals surface area contributed by atoms with Crippen molar-refractivity contribution in [1.29, 1.82) is 0 Å². The van der Waals surface area contributed by atoms with Crippen molar-refractivity contribution in [3.63, 3.8) is 0 Å². The van der Waals surface area contributed by atoms with E-state index in [9.17, 15) is 4.79 Å². The van der Waals surface area contributed by atoms with E-state index in [4.69, 9.17) is 11.6 Å². The van der Waals surface area contributed by atoms with Gasteiger partial charge in [0.15, 0.2) is 11.0 Å². The molecule has 0 saturated carbocycles. The Morgan fingerprint density at radius 3 is 2.24 bits per heavy atom. The molecule has 0 spiro atoms. The van der Waals surface area contributed by atoms with Crippen LogP contribution in [0.4, 0.5) is 0 Å². The molecule has 0 radical (unpaired) electrons. The minimum absolute atomic E-state index is 0.152. The van der Waals surface area contributed by atoms with E-state index in [1.165, 1.54) is 11.8 Å². The van der Waals surface area contributed by atoms with Gasteiger partial charge in [0.25, 0.3) is 5.56 Å². The van der Waals surface area contributed by atoms with E-state index in [1.807, 2.05) is 96.0 Å². The molecule has 0 atom stereocenters. The first-order valence-electron chi connectivity index (χ1n) is 10.8. The quantitative estimate of drug-likeness (QED) is 0.289. The van der Waals surface area contributed by atoms with Gasteiger partial charge in [0.05, 0.1) is 16.4 Å². The molecule has 5 aromatic rings. The SMILES string of the molecule is Cc1c(-n2c(SCc3ccccc3)nnc2-c2ccccc2Cl)c(=O)n(-c2ccccc2)n1C. The summed E-state index contributed by atoms with van der Waals surface area (Å²) in [7, 11) is 1.88. The summed E-state index contributed by atoms with van der Waals surface area (Å²) in [6.45, 7) is 1.93. The van der Waals surface area contributed by atoms with E-state index >= 15 is 0 Å². The summed E-state index contributed by atoms with van der Waals surface area (Å²) < 4.78 is 5.35. The lowest BCUT2D eigenvalue weighted by Crippen LogP contribution is -2.21. The molecule has 34 heavy (non-hydrogen) atoms. The maximum atomic E-state index is 13.8. The highest BCUT2D eigenvalue weighted by molar-refractivity contribution is 7.98. The average Bonchev–Trinajstić information content (AvgIpc) is 3.36. The molecule has 2 aromatic heterocycles. The molecule has 170 valence electrons. The third-order valence-electron chi connectivity index (χ3n) is 5.71. The Morgan fingerprint density at radius 2 is 1.53 bits per heavy atom. The molecule has 0 saturated heterocycles. The molecule has 6 nitrogen and oxygen atoms in total. The molecule has 0 N–H and O–H groups in total. The Bertz CT molecular complexity index is 1510. The highest BCUT2D eigenvalue weighted by Gasteiger charge is 2.25. The maximum absolute atomic E-state index is 13.8. The third kappa shape index (κ3) is 3.97. The van der Waals surface area contributed by atoms with E-state index < -0.39 is 0 Å². The van der Waals surface area contributed by atoms with Gasteiger partial charge in [-0.1, -0.05) is 84.0 Å². The lowest BCUT2D eigenvalue weighted by molar-refractivity contribution is 0.630. The molecule has 0 aliphatic carbocycles. The van der Waals surface area contributed by atoms with Crippen molar-refractivity contribution in [2.24, 2.45) is 7.05 Å². The van der Waals surface area contributed by atoms with E-state index in [1.54, 1.807) is 4.68 Å². The first kappa shape index (κ1) is 22.3. The molecule has 0 amide bonds. The van der Waals surface area contributed by atoms with Crippen LogP contribution in [0.5, 0.6) is 0 Å². The first-order valence-corrected chi connectivity index (χ1v) is 12.1. The van der Waals surface area contributed by atoms with Crippen molar-refractivity contribution in [3.05, 3.63) is 112 Å². The third-order valence-corrected chi connectivity index (χ3v) is 7.04. The molecule has 8 heteroatoms. The van der Waals surface area contributed by atoms with Crippen molar-refractivity contribution in [1.82, 2.24) is 24.1 Å². The Labute approximate surface area is 206 Å². The van der Waals surface area contributed by atoms with E-state index in [0.717, 1.165) is 22.5 Å². The van der Waals surface area contributed by atoms with Crippen LogP contribution in [-0.2, 0) is 12.8 Å². The zero-order valence-electron chi connectivity index (χ0n) is 18.7. The van der Waals surface area contributed by atoms with Gasteiger partial charge in [-0.25, -0.2) is 4.68 Å². The summed E-state index contributed by atoms with van der Waals surface area (Å²) in [5, 5.41) is 10.1. The molecular formula is C26H22ClN5OS. The Balaban J connectivity index is 1.71. The number of aromatic nitrogens is 5. The standard InChI is InChI=1S/C26H22ClN5OS/c1-18-23(25(33)32(30(18)2)20-13-7-4-8-14-20)31-24(21-15-9-10-16-22(21)27)28-29-26(31)34-17-19-11-5-3-6-12-19/h3-16H,17H2,1-2H3. The van der Waals surface area contributed by atoms with Crippen molar-refractivity contribution < 1.29 is 0 Å². The average molecular weight is 488 g/mol. The van der Waals surface area contributed by atoms with Gasteiger partial charge in [0.2, 0.25) is 0 Å². The molecule has 2 heterocycles. The van der Waals surface area contributed by atoms with Gasteiger partial charge in [0.1, 0.15) is 5.69 Å². The number of para-hydroxylation sites is 1. The molecule has 5 rings (SSSR count). The number of thioether (sulfide) groups is 1. The minimum atomic E-state index is -0.152. The smallest absolute Gasteiger partial charge is 0.283 e. The molecule has 0 unspecified atom stereocenters. The second-order valence-corrected chi connectivity index (χ2v) is 9.16. The Kier molecular flexibility index (Phi) is 6.13. The second-order valence-electron chi connectivity index (χ2n) is 7.81. The van der Waals surface area contributed by atoms with Gasteiger partial charge in [-0.05, 0) is 36.8 Å². The topological polar surface area (TPSA) is 57.6 Å². The summed E-state index contributed by atoms with van der Waals surface area (Å²) in [5.74, 6) is 1.23. The monoisotopic (exact) mass is 487 g/mol. The predicted octanol–water partition coefficient (Wildman–Crippen LogP) is 5.68. The van der Waals surface area contributed by atoms with Gasteiger partial charge in [-0.15, -0.1) is 10.2 Å². The van der Waals surface area contributed by atoms with E-state index in [0.29, 0.717) is 27.4 Å². The maximum Gasteiger partial charge on any atom is 0.296 e. The van der Waals surface area contributed by atoms with Crippen molar-refractivity contribution >= 4 is 23.4 Å². The summed E-state index contributed by atoms with van der Waals surface area (Å²) >= 11 is 8.07. The van der Waals surface area contributed by atoms with Crippen LogP contribution in [-0.4, -0.2) is 24.1 Å². The number of halogens is 1. The minimum Gasteiger partial charge on any atom is -0.283 e. The normalized spacial score (nSPS) is 11.1. The van der Waals surface area contributed by atoms with Gasteiger partial charge in [-0.3, -0.25) is 14.0 Å². The number of hydrogen-bond acceptors (Lipinski definition) is 4. The van der Waals surface area contributed by atoms with Crippen molar-refractivity contribution in [2.75, 3.05) is 0 Å². The Hall–Kier alpha value is -3.55. The van der Waals surface area contributed by atoms with Gasteiger partial charge in [-0.2, -0.15) is 0 Å². The zero-order chi connectivity index (χ0) is 23.7. The molecule has 3 aromatic carbocycles. The lowest BCUT2D eigenvalue weighted by Gasteiger charge is -2.10. The molecule has 0 aliphatic heterocycles. The summed E-state index contributed by atoms with van der Waals surface area (Å²) in [6.07, 6.45) is 0. The number of nitrogens with zero attached hydrogens (tertiary/aromatic N) is 5. The van der Waals surface area contributed by atoms with Crippen molar-refractivity contribution in [2.45, 2.75) is 17.8 Å². The van der Waals surface area contributed by atoms with Crippen LogP contribution in [0, 0.1) is 6.92 Å². The highest BCUT2D eigenvalue weighted by atomic mass is 35.5. The zero-order valence-corrected chi connectivity index (χ0v) is 20.3. The first-order chi connectivity index (χ1) is 16.6. The van der Waals surface area contributed by atoms with Crippen LogP contribution in [0.2, 0.25) is 5.02 Å². The number of hydrogen-bond donors (Lipinski definition) is 0. The Morgan fingerprint density at radius 1 is 0.882 bits per heavy atom. The van der Waals surface area contributed by atoms with Gasteiger partial charge < -0.3 is 0 Å². The largest absolute Gasteiger partial charge is 0.296 e. The summed E-state index contributed by atoms with van der Waals surface area (Å²) in [4.78, 5) is 13.8. The van der Waals surface area contributed by atoms with Gasteiger partial charge >= 0.3 is 0 Å². The predicted molar refractivity (Wildman–Crippen MR) is 137 cm³/mol. The van der Waals surface area contributed by atoms with Crippen LogP contribution in [0.3, 0.4) is 0 Å². The molecule has 0 bridgehead atoms.